The minimum absolute atomic E-state index is 0.0277. The second-order valence-electron chi connectivity index (χ2n) is 7.03. The fourth-order valence-electron chi connectivity index (χ4n) is 3.24. The Balaban J connectivity index is 1.59. The molecule has 0 saturated heterocycles. The Hall–Kier alpha value is -3.49. The van der Waals surface area contributed by atoms with E-state index in [0.717, 1.165) is 17.0 Å². The number of imidazole rings is 1. The number of hydrogen-bond acceptors (Lipinski definition) is 5. The van der Waals surface area contributed by atoms with E-state index < -0.39 is 5.91 Å². The molecule has 0 atom stereocenters. The predicted molar refractivity (Wildman–Crippen MR) is 109 cm³/mol. The average molecular weight is 413 g/mol. The summed E-state index contributed by atoms with van der Waals surface area (Å²) in [6.07, 6.45) is 2.33. The first-order chi connectivity index (χ1) is 14.3. The normalized spacial score (nSPS) is 10.9. The Morgan fingerprint density at radius 2 is 1.93 bits per heavy atom. The van der Waals surface area contributed by atoms with E-state index in [4.69, 9.17) is 10.5 Å². The van der Waals surface area contributed by atoms with Crippen molar-refractivity contribution in [1.29, 1.82) is 0 Å². The van der Waals surface area contributed by atoms with Gasteiger partial charge < -0.3 is 15.4 Å². The maximum absolute atomic E-state index is 12.9. The number of carbonyl (C=O) groups excluding carboxylic acids is 2. The van der Waals surface area contributed by atoms with Gasteiger partial charge in [-0.05, 0) is 50.1 Å². The van der Waals surface area contributed by atoms with Crippen LogP contribution in [-0.2, 0) is 11.2 Å². The Labute approximate surface area is 173 Å². The second-order valence-corrected chi connectivity index (χ2v) is 7.03. The van der Waals surface area contributed by atoms with Gasteiger partial charge in [-0.3, -0.25) is 14.0 Å². The van der Waals surface area contributed by atoms with Crippen molar-refractivity contribution in [1.82, 2.24) is 19.3 Å². The summed E-state index contributed by atoms with van der Waals surface area (Å²) >= 11 is 0. The van der Waals surface area contributed by atoms with Gasteiger partial charge in [0.25, 0.3) is 5.91 Å². The SMILES string of the molecule is Cc1nc2c(C(N)=O)ncn2c(C)c1CCC(=O)N(C)CCOc1ccc(F)cc1. The Morgan fingerprint density at radius 3 is 2.60 bits per heavy atom. The van der Waals surface area contributed by atoms with E-state index in [0.29, 0.717) is 37.4 Å². The molecule has 2 aromatic heterocycles. The third-order valence-electron chi connectivity index (χ3n) is 5.01. The van der Waals surface area contributed by atoms with Crippen LogP contribution in [0.4, 0.5) is 4.39 Å². The van der Waals surface area contributed by atoms with E-state index in [2.05, 4.69) is 9.97 Å². The molecule has 0 aliphatic heterocycles. The van der Waals surface area contributed by atoms with Crippen molar-refractivity contribution in [2.24, 2.45) is 5.73 Å². The van der Waals surface area contributed by atoms with Gasteiger partial charge in [0.05, 0.1) is 6.54 Å². The molecule has 1 aromatic carbocycles. The Morgan fingerprint density at radius 1 is 1.23 bits per heavy atom. The first-order valence-electron chi connectivity index (χ1n) is 9.53. The molecule has 0 unspecified atom stereocenters. The number of primary amides is 1. The van der Waals surface area contributed by atoms with E-state index in [1.54, 1.807) is 28.5 Å². The number of fused-ring (bicyclic) bond motifs is 1. The van der Waals surface area contributed by atoms with Crippen LogP contribution in [0.5, 0.6) is 5.75 Å². The van der Waals surface area contributed by atoms with E-state index in [-0.39, 0.29) is 17.4 Å². The molecule has 8 nitrogen and oxygen atoms in total. The van der Waals surface area contributed by atoms with E-state index in [1.165, 1.54) is 18.5 Å². The summed E-state index contributed by atoms with van der Waals surface area (Å²) in [7, 11) is 1.71. The van der Waals surface area contributed by atoms with Crippen LogP contribution in [0.3, 0.4) is 0 Å². The highest BCUT2D eigenvalue weighted by molar-refractivity contribution is 5.96. The zero-order valence-electron chi connectivity index (χ0n) is 17.2. The molecule has 0 spiro atoms. The highest BCUT2D eigenvalue weighted by Crippen LogP contribution is 2.19. The van der Waals surface area contributed by atoms with Crippen molar-refractivity contribution in [3.05, 3.63) is 59.1 Å². The van der Waals surface area contributed by atoms with Crippen LogP contribution < -0.4 is 10.5 Å². The molecule has 9 heteroatoms. The second kappa shape index (κ2) is 8.89. The lowest BCUT2D eigenvalue weighted by Gasteiger charge is -2.18. The first-order valence-corrected chi connectivity index (χ1v) is 9.53. The summed E-state index contributed by atoms with van der Waals surface area (Å²) in [5.41, 5.74) is 8.43. The maximum atomic E-state index is 12.9. The van der Waals surface area contributed by atoms with Crippen LogP contribution in [0.1, 0.15) is 33.9 Å². The van der Waals surface area contributed by atoms with Gasteiger partial charge in [0.2, 0.25) is 5.91 Å². The lowest BCUT2D eigenvalue weighted by Crippen LogP contribution is -2.31. The molecule has 2 amide bonds. The fraction of sp³-hybridized carbons (Fsp3) is 0.333. The summed E-state index contributed by atoms with van der Waals surface area (Å²) in [5.74, 6) is -0.427. The lowest BCUT2D eigenvalue weighted by atomic mass is 10.1. The van der Waals surface area contributed by atoms with Crippen LogP contribution in [0.2, 0.25) is 0 Å². The van der Waals surface area contributed by atoms with Crippen LogP contribution in [0.15, 0.2) is 30.6 Å². The minimum atomic E-state index is -0.629. The van der Waals surface area contributed by atoms with Crippen molar-refractivity contribution in [3.63, 3.8) is 0 Å². The lowest BCUT2D eigenvalue weighted by molar-refractivity contribution is -0.130. The monoisotopic (exact) mass is 413 g/mol. The standard InChI is InChI=1S/C21H24FN5O3/c1-13-17(14(2)27-12-24-19(20(23)29)21(27)25-13)8-9-18(28)26(3)10-11-30-16-6-4-15(22)5-7-16/h4-7,12H,8-11H2,1-3H3,(H2,23,29). The Bertz CT molecular complexity index is 1080. The van der Waals surface area contributed by atoms with Crippen molar-refractivity contribution < 1.29 is 18.7 Å². The van der Waals surface area contributed by atoms with Gasteiger partial charge in [-0.25, -0.2) is 14.4 Å². The Kier molecular flexibility index (Phi) is 6.29. The van der Waals surface area contributed by atoms with Gasteiger partial charge in [0, 0.05) is 24.9 Å². The topological polar surface area (TPSA) is 103 Å². The molecule has 0 fully saturated rings. The number of likely N-dealkylation sites (N-methyl/N-ethyl adjacent to an activating group) is 1. The predicted octanol–water partition coefficient (Wildman–Crippen LogP) is 2.05. The molecule has 2 heterocycles. The fourth-order valence-corrected chi connectivity index (χ4v) is 3.24. The average Bonchev–Trinajstić information content (AvgIpc) is 3.13. The molecule has 2 N–H and O–H groups in total. The van der Waals surface area contributed by atoms with Gasteiger partial charge in [0.1, 0.15) is 24.5 Å². The molecule has 0 radical (unpaired) electrons. The van der Waals surface area contributed by atoms with Gasteiger partial charge in [-0.2, -0.15) is 0 Å². The molecule has 0 aliphatic carbocycles. The zero-order chi connectivity index (χ0) is 21.8. The molecule has 0 bridgehead atoms. The number of aryl methyl sites for hydroxylation is 2. The molecule has 0 aliphatic rings. The zero-order valence-corrected chi connectivity index (χ0v) is 17.2. The number of rotatable bonds is 8. The number of nitrogens with zero attached hydrogens (tertiary/aromatic N) is 4. The van der Waals surface area contributed by atoms with Gasteiger partial charge >= 0.3 is 0 Å². The number of hydrogen-bond donors (Lipinski definition) is 1. The summed E-state index contributed by atoms with van der Waals surface area (Å²) in [6.45, 7) is 4.46. The summed E-state index contributed by atoms with van der Waals surface area (Å²) in [5, 5.41) is 0. The van der Waals surface area contributed by atoms with Crippen molar-refractivity contribution in [3.8, 4) is 5.75 Å². The number of benzene rings is 1. The number of halogens is 1. The smallest absolute Gasteiger partial charge is 0.271 e. The summed E-state index contributed by atoms with van der Waals surface area (Å²) in [6, 6.07) is 5.75. The number of carbonyl (C=O) groups is 2. The highest BCUT2D eigenvalue weighted by atomic mass is 19.1. The van der Waals surface area contributed by atoms with E-state index >= 15 is 0 Å². The maximum Gasteiger partial charge on any atom is 0.271 e. The van der Waals surface area contributed by atoms with Gasteiger partial charge in [0.15, 0.2) is 11.3 Å². The number of nitrogens with two attached hydrogens (primary N) is 1. The first kappa shape index (κ1) is 21.2. The molecule has 158 valence electrons. The number of amides is 2. The molecular formula is C21H24FN5O3. The number of ether oxygens (including phenoxy) is 1. The van der Waals surface area contributed by atoms with Crippen molar-refractivity contribution in [2.75, 3.05) is 20.2 Å². The quantitative estimate of drug-likeness (QED) is 0.609. The summed E-state index contributed by atoms with van der Waals surface area (Å²) < 4.78 is 20.2. The molecular weight excluding hydrogens is 389 g/mol. The van der Waals surface area contributed by atoms with Crippen molar-refractivity contribution in [2.45, 2.75) is 26.7 Å². The minimum Gasteiger partial charge on any atom is -0.492 e. The van der Waals surface area contributed by atoms with Gasteiger partial charge in [-0.1, -0.05) is 0 Å². The van der Waals surface area contributed by atoms with E-state index in [1.807, 2.05) is 13.8 Å². The van der Waals surface area contributed by atoms with Gasteiger partial charge in [-0.15, -0.1) is 0 Å². The van der Waals surface area contributed by atoms with Crippen LogP contribution in [-0.4, -0.2) is 51.3 Å². The molecule has 3 aromatic rings. The van der Waals surface area contributed by atoms with Crippen LogP contribution in [0, 0.1) is 19.7 Å². The number of aromatic nitrogens is 3. The summed E-state index contributed by atoms with van der Waals surface area (Å²) in [4.78, 5) is 34.1. The third-order valence-corrected chi connectivity index (χ3v) is 5.01. The third kappa shape index (κ3) is 4.56. The van der Waals surface area contributed by atoms with Crippen molar-refractivity contribution >= 4 is 17.5 Å². The largest absolute Gasteiger partial charge is 0.492 e. The molecule has 30 heavy (non-hydrogen) atoms. The van der Waals surface area contributed by atoms with Crippen LogP contribution in [0.25, 0.3) is 5.65 Å². The highest BCUT2D eigenvalue weighted by Gasteiger charge is 2.18. The molecule has 3 rings (SSSR count). The van der Waals surface area contributed by atoms with E-state index in [9.17, 15) is 14.0 Å². The van der Waals surface area contributed by atoms with Crippen LogP contribution >= 0.6 is 0 Å². The molecule has 0 saturated carbocycles.